The Balaban J connectivity index is 1.82. The number of esters is 1. The third kappa shape index (κ3) is 3.52. The predicted molar refractivity (Wildman–Crippen MR) is 92.9 cm³/mol. The highest BCUT2D eigenvalue weighted by atomic mass is 16.5. The zero-order valence-electron chi connectivity index (χ0n) is 14.1. The summed E-state index contributed by atoms with van der Waals surface area (Å²) in [6.45, 7) is 4.08. The normalized spacial score (nSPS) is 10.6. The molecule has 0 fully saturated rings. The Labute approximate surface area is 144 Å². The van der Waals surface area contributed by atoms with E-state index in [0.717, 1.165) is 5.56 Å². The van der Waals surface area contributed by atoms with Gasteiger partial charge < -0.3 is 9.47 Å². The summed E-state index contributed by atoms with van der Waals surface area (Å²) >= 11 is 0. The Morgan fingerprint density at radius 1 is 1.20 bits per heavy atom. The molecule has 0 amide bonds. The van der Waals surface area contributed by atoms with Crippen molar-refractivity contribution in [2.45, 2.75) is 20.5 Å². The van der Waals surface area contributed by atoms with E-state index >= 15 is 0 Å². The molecule has 2 aromatic heterocycles. The Bertz CT molecular complexity index is 979. The van der Waals surface area contributed by atoms with Crippen molar-refractivity contribution in [3.05, 3.63) is 75.8 Å². The van der Waals surface area contributed by atoms with Gasteiger partial charge in [0.05, 0.1) is 12.3 Å². The molecule has 3 rings (SSSR count). The number of carbonyl (C=O) groups is 1. The van der Waals surface area contributed by atoms with E-state index < -0.39 is 5.97 Å². The largest absolute Gasteiger partial charge is 0.493 e. The monoisotopic (exact) mass is 338 g/mol. The minimum absolute atomic E-state index is 0.0840. The number of aromatic nitrogens is 2. The Hall–Kier alpha value is -3.15. The average molecular weight is 338 g/mol. The molecule has 0 saturated carbocycles. The van der Waals surface area contributed by atoms with Gasteiger partial charge in [0.2, 0.25) is 0 Å². The third-order valence-electron chi connectivity index (χ3n) is 3.70. The highest BCUT2D eigenvalue weighted by Crippen LogP contribution is 2.19. The first-order chi connectivity index (χ1) is 12.1. The summed E-state index contributed by atoms with van der Waals surface area (Å²) in [5, 5.41) is 0. The van der Waals surface area contributed by atoms with Crippen LogP contribution in [0.5, 0.6) is 5.75 Å². The minimum atomic E-state index is -0.518. The molecule has 0 saturated heterocycles. The summed E-state index contributed by atoms with van der Waals surface area (Å²) in [5.41, 5.74) is 1.96. The van der Waals surface area contributed by atoms with E-state index in [-0.39, 0.29) is 12.2 Å². The number of ether oxygens (including phenoxy) is 2. The molecule has 0 unspecified atom stereocenters. The van der Waals surface area contributed by atoms with Gasteiger partial charge in [-0.2, -0.15) is 0 Å². The summed E-state index contributed by atoms with van der Waals surface area (Å²) in [6.07, 6.45) is 1.66. The highest BCUT2D eigenvalue weighted by molar-refractivity contribution is 5.92. The van der Waals surface area contributed by atoms with Gasteiger partial charge in [0.15, 0.2) is 0 Å². The van der Waals surface area contributed by atoms with E-state index in [0.29, 0.717) is 29.3 Å². The molecule has 0 aliphatic rings. The van der Waals surface area contributed by atoms with Crippen molar-refractivity contribution in [2.24, 2.45) is 0 Å². The Morgan fingerprint density at radius 3 is 2.80 bits per heavy atom. The van der Waals surface area contributed by atoms with Crippen LogP contribution in [0.25, 0.3) is 5.65 Å². The van der Waals surface area contributed by atoms with Crippen LogP contribution in [0, 0.1) is 6.92 Å². The number of benzene rings is 1. The van der Waals surface area contributed by atoms with Gasteiger partial charge >= 0.3 is 5.97 Å². The van der Waals surface area contributed by atoms with Gasteiger partial charge in [-0.1, -0.05) is 18.2 Å². The van der Waals surface area contributed by atoms with Crippen LogP contribution in [0.3, 0.4) is 0 Å². The van der Waals surface area contributed by atoms with Crippen molar-refractivity contribution in [1.29, 1.82) is 0 Å². The molecule has 0 aliphatic heterocycles. The number of carbonyl (C=O) groups excluding carboxylic acids is 1. The lowest BCUT2D eigenvalue weighted by Crippen LogP contribution is -2.17. The molecule has 6 heteroatoms. The lowest BCUT2D eigenvalue weighted by atomic mass is 10.2. The minimum Gasteiger partial charge on any atom is -0.493 e. The molecule has 0 spiro atoms. The molecule has 0 N–H and O–H groups in total. The summed E-state index contributed by atoms with van der Waals surface area (Å²) in [4.78, 5) is 28.9. The first-order valence-corrected chi connectivity index (χ1v) is 7.97. The summed E-state index contributed by atoms with van der Waals surface area (Å²) in [5.74, 6) is -0.0479. The number of pyridine rings is 1. The van der Waals surface area contributed by atoms with E-state index in [1.54, 1.807) is 36.5 Å². The second kappa shape index (κ2) is 7.17. The quantitative estimate of drug-likeness (QED) is 0.669. The van der Waals surface area contributed by atoms with Crippen molar-refractivity contribution < 1.29 is 14.3 Å². The molecule has 2 heterocycles. The molecule has 0 atom stereocenters. The van der Waals surface area contributed by atoms with Crippen molar-refractivity contribution in [3.8, 4) is 5.75 Å². The lowest BCUT2D eigenvalue weighted by Gasteiger charge is -2.10. The van der Waals surface area contributed by atoms with Crippen LogP contribution in [0.15, 0.2) is 53.5 Å². The average Bonchev–Trinajstić information content (AvgIpc) is 2.61. The highest BCUT2D eigenvalue weighted by Gasteiger charge is 2.14. The SMILES string of the molecule is CCOc1ccccc1C(=O)OCc1cc(=O)n2cccc(C)c2n1. The maximum atomic E-state index is 12.3. The molecular formula is C19H18N2O4. The Morgan fingerprint density at radius 2 is 2.00 bits per heavy atom. The van der Waals surface area contributed by atoms with Gasteiger partial charge in [0, 0.05) is 12.3 Å². The first kappa shape index (κ1) is 16.7. The van der Waals surface area contributed by atoms with Gasteiger partial charge in [0.25, 0.3) is 5.56 Å². The fraction of sp³-hybridized carbons (Fsp3) is 0.211. The molecule has 25 heavy (non-hydrogen) atoms. The van der Waals surface area contributed by atoms with E-state index in [2.05, 4.69) is 4.98 Å². The van der Waals surface area contributed by atoms with Crippen LogP contribution in [0.4, 0.5) is 0 Å². The van der Waals surface area contributed by atoms with Crippen LogP contribution in [0.2, 0.25) is 0 Å². The van der Waals surface area contributed by atoms with Gasteiger partial charge in [0.1, 0.15) is 23.6 Å². The number of rotatable bonds is 5. The zero-order chi connectivity index (χ0) is 17.8. The fourth-order valence-corrected chi connectivity index (χ4v) is 2.52. The van der Waals surface area contributed by atoms with Crippen LogP contribution in [0.1, 0.15) is 28.5 Å². The van der Waals surface area contributed by atoms with E-state index in [9.17, 15) is 9.59 Å². The number of hydrogen-bond donors (Lipinski definition) is 0. The van der Waals surface area contributed by atoms with Crippen molar-refractivity contribution in [2.75, 3.05) is 6.61 Å². The molecule has 0 radical (unpaired) electrons. The Kier molecular flexibility index (Phi) is 4.79. The summed E-state index contributed by atoms with van der Waals surface area (Å²) in [6, 6.07) is 11.9. The van der Waals surface area contributed by atoms with Crippen LogP contribution in [-0.4, -0.2) is 22.0 Å². The van der Waals surface area contributed by atoms with E-state index in [4.69, 9.17) is 9.47 Å². The number of hydrogen-bond acceptors (Lipinski definition) is 5. The van der Waals surface area contributed by atoms with Crippen LogP contribution < -0.4 is 10.3 Å². The van der Waals surface area contributed by atoms with Crippen LogP contribution in [-0.2, 0) is 11.3 Å². The number of fused-ring (bicyclic) bond motifs is 1. The molecule has 0 bridgehead atoms. The van der Waals surface area contributed by atoms with Gasteiger partial charge in [-0.3, -0.25) is 9.20 Å². The van der Waals surface area contributed by atoms with Gasteiger partial charge in [-0.25, -0.2) is 9.78 Å². The molecule has 3 aromatic rings. The second-order valence-corrected chi connectivity index (χ2v) is 5.48. The van der Waals surface area contributed by atoms with E-state index in [1.807, 2.05) is 19.9 Å². The molecule has 128 valence electrons. The van der Waals surface area contributed by atoms with Gasteiger partial charge in [-0.05, 0) is 37.6 Å². The predicted octanol–water partition coefficient (Wildman–Crippen LogP) is 2.76. The number of aryl methyl sites for hydroxylation is 1. The van der Waals surface area contributed by atoms with Gasteiger partial charge in [-0.15, -0.1) is 0 Å². The molecule has 6 nitrogen and oxygen atoms in total. The lowest BCUT2D eigenvalue weighted by molar-refractivity contribution is 0.0463. The third-order valence-corrected chi connectivity index (χ3v) is 3.70. The molecular weight excluding hydrogens is 320 g/mol. The standard InChI is InChI=1S/C19H18N2O4/c1-3-24-16-9-5-4-8-15(16)19(23)25-12-14-11-17(22)21-10-6-7-13(2)18(21)20-14/h4-11H,3,12H2,1-2H3. The zero-order valence-corrected chi connectivity index (χ0v) is 14.1. The number of para-hydroxylation sites is 1. The molecule has 1 aromatic carbocycles. The van der Waals surface area contributed by atoms with E-state index in [1.165, 1.54) is 10.5 Å². The van der Waals surface area contributed by atoms with Crippen LogP contribution >= 0.6 is 0 Å². The smallest absolute Gasteiger partial charge is 0.342 e. The second-order valence-electron chi connectivity index (χ2n) is 5.48. The summed E-state index contributed by atoms with van der Waals surface area (Å²) < 4.78 is 12.2. The fourth-order valence-electron chi connectivity index (χ4n) is 2.52. The van der Waals surface area contributed by atoms with Crippen molar-refractivity contribution >= 4 is 11.6 Å². The van der Waals surface area contributed by atoms with Crippen molar-refractivity contribution in [3.63, 3.8) is 0 Å². The van der Waals surface area contributed by atoms with Crippen molar-refractivity contribution in [1.82, 2.24) is 9.38 Å². The topological polar surface area (TPSA) is 69.9 Å². The first-order valence-electron chi connectivity index (χ1n) is 7.97. The summed E-state index contributed by atoms with van der Waals surface area (Å²) in [7, 11) is 0. The maximum absolute atomic E-state index is 12.3. The maximum Gasteiger partial charge on any atom is 0.342 e. The molecule has 0 aliphatic carbocycles. The number of nitrogens with zero attached hydrogens (tertiary/aromatic N) is 2.